The predicted molar refractivity (Wildman–Crippen MR) is 80.4 cm³/mol. The maximum absolute atomic E-state index is 13.3. The molecule has 2 aromatic rings. The summed E-state index contributed by atoms with van der Waals surface area (Å²) in [5.41, 5.74) is 9.29. The normalized spacial score (nSPS) is 14.8. The van der Waals surface area contributed by atoms with E-state index in [4.69, 9.17) is 10.5 Å². The highest BCUT2D eigenvalue weighted by Gasteiger charge is 2.19. The summed E-state index contributed by atoms with van der Waals surface area (Å²) in [6, 6.07) is 10.3. The maximum Gasteiger partial charge on any atom is 0.125 e. The molecule has 1 heterocycles. The molecule has 2 nitrogen and oxygen atoms in total. The monoisotopic (exact) mass is 335 g/mol. The lowest BCUT2D eigenvalue weighted by Crippen LogP contribution is -2.14. The lowest BCUT2D eigenvalue weighted by molar-refractivity contribution is 0.352. The van der Waals surface area contributed by atoms with Crippen LogP contribution in [0.1, 0.15) is 22.7 Å². The van der Waals surface area contributed by atoms with Gasteiger partial charge in [0.2, 0.25) is 0 Å². The number of ether oxygens (including phenoxy) is 1. The second-order valence-corrected chi connectivity index (χ2v) is 5.93. The van der Waals surface area contributed by atoms with Gasteiger partial charge in [-0.2, -0.15) is 0 Å². The van der Waals surface area contributed by atoms with Crippen molar-refractivity contribution in [3.8, 4) is 5.75 Å². The van der Waals surface area contributed by atoms with E-state index in [9.17, 15) is 4.39 Å². The summed E-state index contributed by atoms with van der Waals surface area (Å²) in [6.45, 7) is 0.716. The molecule has 0 aromatic heterocycles. The number of rotatable bonds is 3. The van der Waals surface area contributed by atoms with Gasteiger partial charge in [0.25, 0.3) is 0 Å². The average molecular weight is 336 g/mol. The molecule has 2 N–H and O–H groups in total. The molecule has 0 fully saturated rings. The predicted octanol–water partition coefficient (Wildman–Crippen LogP) is 3.77. The second-order valence-electron chi connectivity index (χ2n) is 5.02. The minimum absolute atomic E-state index is 0.242. The van der Waals surface area contributed by atoms with Gasteiger partial charge in [0.05, 0.1) is 6.61 Å². The van der Waals surface area contributed by atoms with Gasteiger partial charge in [-0.25, -0.2) is 4.39 Å². The third-order valence-electron chi connectivity index (χ3n) is 3.54. The van der Waals surface area contributed by atoms with E-state index in [2.05, 4.69) is 22.0 Å². The molecule has 0 amide bonds. The molecule has 20 heavy (non-hydrogen) atoms. The molecular weight excluding hydrogens is 321 g/mol. The zero-order valence-electron chi connectivity index (χ0n) is 10.9. The number of benzene rings is 2. The molecule has 1 aliphatic heterocycles. The topological polar surface area (TPSA) is 35.2 Å². The van der Waals surface area contributed by atoms with Crippen LogP contribution < -0.4 is 10.5 Å². The molecule has 3 rings (SSSR count). The molecule has 0 spiro atoms. The molecule has 0 radical (unpaired) electrons. The fourth-order valence-corrected chi connectivity index (χ4v) is 3.14. The molecule has 1 atom stereocenters. The van der Waals surface area contributed by atoms with Crippen molar-refractivity contribution in [2.45, 2.75) is 18.9 Å². The van der Waals surface area contributed by atoms with Crippen molar-refractivity contribution in [2.75, 3.05) is 6.61 Å². The summed E-state index contributed by atoms with van der Waals surface area (Å²) in [4.78, 5) is 0. The Labute approximate surface area is 125 Å². The Morgan fingerprint density at radius 2 is 2.15 bits per heavy atom. The molecule has 0 aliphatic carbocycles. The van der Waals surface area contributed by atoms with Crippen LogP contribution in [0.5, 0.6) is 5.75 Å². The Kier molecular flexibility index (Phi) is 3.76. The first-order chi connectivity index (χ1) is 9.63. The Morgan fingerprint density at radius 1 is 1.30 bits per heavy atom. The van der Waals surface area contributed by atoms with Crippen LogP contribution in [-0.2, 0) is 12.8 Å². The fraction of sp³-hybridized carbons (Fsp3) is 0.250. The van der Waals surface area contributed by atoms with E-state index in [1.807, 2.05) is 12.1 Å². The lowest BCUT2D eigenvalue weighted by Gasteiger charge is -2.15. The maximum atomic E-state index is 13.3. The van der Waals surface area contributed by atoms with Crippen LogP contribution in [-0.4, -0.2) is 6.61 Å². The summed E-state index contributed by atoms with van der Waals surface area (Å²) in [7, 11) is 0. The third-order valence-corrected chi connectivity index (χ3v) is 4.00. The quantitative estimate of drug-likeness (QED) is 0.926. The highest BCUT2D eigenvalue weighted by atomic mass is 79.9. The Bertz CT molecular complexity index is 644. The molecule has 0 saturated carbocycles. The van der Waals surface area contributed by atoms with Gasteiger partial charge in [0.15, 0.2) is 0 Å². The van der Waals surface area contributed by atoms with Gasteiger partial charge in [0.1, 0.15) is 11.6 Å². The van der Waals surface area contributed by atoms with Crippen molar-refractivity contribution < 1.29 is 9.13 Å². The van der Waals surface area contributed by atoms with Crippen LogP contribution in [0.15, 0.2) is 40.9 Å². The highest BCUT2D eigenvalue weighted by molar-refractivity contribution is 9.10. The van der Waals surface area contributed by atoms with Crippen molar-refractivity contribution >= 4 is 15.9 Å². The van der Waals surface area contributed by atoms with Gasteiger partial charge in [0, 0.05) is 16.9 Å². The Balaban J connectivity index is 1.88. The minimum atomic E-state index is -0.256. The van der Waals surface area contributed by atoms with E-state index in [1.165, 1.54) is 17.7 Å². The highest BCUT2D eigenvalue weighted by Crippen LogP contribution is 2.35. The van der Waals surface area contributed by atoms with Crippen LogP contribution in [0.2, 0.25) is 0 Å². The standard InChI is InChI=1S/C16H15BrFNO/c17-13-6-11-4-5-20-16(11)12(7-13)9-15(19)10-2-1-3-14(18)8-10/h1-3,6-8,15H,4-5,9,19H2. The minimum Gasteiger partial charge on any atom is -0.493 e. The summed E-state index contributed by atoms with van der Waals surface area (Å²) < 4.78 is 20.0. The van der Waals surface area contributed by atoms with Gasteiger partial charge in [-0.05, 0) is 47.4 Å². The zero-order chi connectivity index (χ0) is 14.1. The van der Waals surface area contributed by atoms with Crippen LogP contribution in [0, 0.1) is 5.82 Å². The van der Waals surface area contributed by atoms with Crippen molar-refractivity contribution in [2.24, 2.45) is 5.73 Å². The summed E-state index contributed by atoms with van der Waals surface area (Å²) in [6.07, 6.45) is 1.56. The summed E-state index contributed by atoms with van der Waals surface area (Å²) in [5.74, 6) is 0.689. The van der Waals surface area contributed by atoms with E-state index in [0.29, 0.717) is 13.0 Å². The first-order valence-corrected chi connectivity index (χ1v) is 7.38. The zero-order valence-corrected chi connectivity index (χ0v) is 12.5. The second kappa shape index (κ2) is 5.54. The molecule has 4 heteroatoms. The van der Waals surface area contributed by atoms with Gasteiger partial charge < -0.3 is 10.5 Å². The first kappa shape index (κ1) is 13.6. The number of fused-ring (bicyclic) bond motifs is 1. The summed E-state index contributed by atoms with van der Waals surface area (Å²) >= 11 is 3.52. The SMILES string of the molecule is NC(Cc1cc(Br)cc2c1OCC2)c1cccc(F)c1. The van der Waals surface area contributed by atoms with Gasteiger partial charge in [-0.3, -0.25) is 0 Å². The van der Waals surface area contributed by atoms with Crippen LogP contribution in [0.3, 0.4) is 0 Å². The van der Waals surface area contributed by atoms with Gasteiger partial charge in [-0.15, -0.1) is 0 Å². The molecule has 1 aliphatic rings. The molecule has 104 valence electrons. The van der Waals surface area contributed by atoms with E-state index in [0.717, 1.165) is 27.8 Å². The van der Waals surface area contributed by atoms with E-state index in [1.54, 1.807) is 6.07 Å². The van der Waals surface area contributed by atoms with Crippen LogP contribution >= 0.6 is 15.9 Å². The van der Waals surface area contributed by atoms with Crippen LogP contribution in [0.4, 0.5) is 4.39 Å². The number of nitrogens with two attached hydrogens (primary N) is 1. The molecule has 2 aromatic carbocycles. The number of halogens is 2. The number of hydrogen-bond acceptors (Lipinski definition) is 2. The van der Waals surface area contributed by atoms with Gasteiger partial charge in [-0.1, -0.05) is 28.1 Å². The van der Waals surface area contributed by atoms with E-state index in [-0.39, 0.29) is 11.9 Å². The molecular formula is C16H15BrFNO. The number of hydrogen-bond donors (Lipinski definition) is 1. The molecule has 0 saturated heterocycles. The first-order valence-electron chi connectivity index (χ1n) is 6.58. The van der Waals surface area contributed by atoms with Gasteiger partial charge >= 0.3 is 0 Å². The Hall–Kier alpha value is -1.39. The van der Waals surface area contributed by atoms with Crippen molar-refractivity contribution in [1.82, 2.24) is 0 Å². The smallest absolute Gasteiger partial charge is 0.125 e. The Morgan fingerprint density at radius 3 is 2.95 bits per heavy atom. The van der Waals surface area contributed by atoms with Crippen molar-refractivity contribution in [3.63, 3.8) is 0 Å². The lowest BCUT2D eigenvalue weighted by atomic mass is 9.97. The van der Waals surface area contributed by atoms with E-state index >= 15 is 0 Å². The third kappa shape index (κ3) is 2.72. The van der Waals surface area contributed by atoms with E-state index < -0.39 is 0 Å². The fourth-order valence-electron chi connectivity index (χ4n) is 2.59. The largest absolute Gasteiger partial charge is 0.493 e. The van der Waals surface area contributed by atoms with Crippen molar-refractivity contribution in [3.05, 3.63) is 63.4 Å². The summed E-state index contributed by atoms with van der Waals surface area (Å²) in [5, 5.41) is 0. The average Bonchev–Trinajstić information content (AvgIpc) is 2.86. The molecule has 0 bridgehead atoms. The van der Waals surface area contributed by atoms with Crippen molar-refractivity contribution in [1.29, 1.82) is 0 Å². The molecule has 1 unspecified atom stereocenters. The van der Waals surface area contributed by atoms with Crippen LogP contribution in [0.25, 0.3) is 0 Å².